The van der Waals surface area contributed by atoms with Gasteiger partial charge < -0.3 is 19.7 Å². The van der Waals surface area contributed by atoms with Crippen molar-refractivity contribution in [3.8, 4) is 0 Å². The Hall–Kier alpha value is -2.91. The Bertz CT molecular complexity index is 1300. The lowest BCUT2D eigenvalue weighted by molar-refractivity contribution is -0.148. The number of carbonyl (C=O) groups excluding carboxylic acids is 5. The van der Waals surface area contributed by atoms with Gasteiger partial charge in [0.15, 0.2) is 5.78 Å². The number of Topliss-reactive ketones (excluding diaryl/α,β-unsaturated/α-hetero) is 3. The van der Waals surface area contributed by atoms with Gasteiger partial charge in [-0.2, -0.15) is 0 Å². The van der Waals surface area contributed by atoms with Crippen LogP contribution in [0.2, 0.25) is 0 Å². The van der Waals surface area contributed by atoms with Gasteiger partial charge in [0, 0.05) is 51.2 Å². The number of rotatable bonds is 23. The number of hydrogen-bond donors (Lipinski definition) is 1. The Morgan fingerprint density at radius 1 is 0.865 bits per heavy atom. The first-order chi connectivity index (χ1) is 24.5. The third-order valence-corrected chi connectivity index (χ3v) is 12.2. The van der Waals surface area contributed by atoms with Crippen molar-refractivity contribution in [2.24, 2.45) is 53.3 Å². The van der Waals surface area contributed by atoms with Gasteiger partial charge in [-0.05, 0) is 61.5 Å². The summed E-state index contributed by atoms with van der Waals surface area (Å²) in [7, 11) is 6.54. The number of likely N-dealkylation sites (N-methyl/N-ethyl adjacent to an activating group) is 2. The van der Waals surface area contributed by atoms with Crippen LogP contribution in [0.15, 0.2) is 30.3 Å². The van der Waals surface area contributed by atoms with Gasteiger partial charge in [-0.1, -0.05) is 98.6 Å². The normalized spacial score (nSPS) is 20.7. The van der Waals surface area contributed by atoms with E-state index >= 15 is 0 Å². The minimum atomic E-state index is -0.566. The molecule has 0 saturated heterocycles. The molecular formula is C43H70N2O7. The summed E-state index contributed by atoms with van der Waals surface area (Å²) in [6.07, 6.45) is 3.64. The number of hydrogen-bond acceptors (Lipinski definition) is 8. The molecule has 2 rings (SSSR count). The van der Waals surface area contributed by atoms with Gasteiger partial charge in [0.05, 0.1) is 31.2 Å². The summed E-state index contributed by atoms with van der Waals surface area (Å²) >= 11 is 0. The molecule has 0 aliphatic heterocycles. The summed E-state index contributed by atoms with van der Waals surface area (Å²) in [4.78, 5) is 69.8. The van der Waals surface area contributed by atoms with Crippen LogP contribution in [0.5, 0.6) is 0 Å². The molecule has 9 heteroatoms. The molecule has 1 saturated carbocycles. The van der Waals surface area contributed by atoms with Crippen molar-refractivity contribution in [2.45, 2.75) is 125 Å². The average Bonchev–Trinajstić information content (AvgIpc) is 3.62. The van der Waals surface area contributed by atoms with Gasteiger partial charge in [0.25, 0.3) is 0 Å². The third kappa shape index (κ3) is 12.1. The van der Waals surface area contributed by atoms with Gasteiger partial charge in [-0.25, -0.2) is 0 Å². The second-order valence-electron chi connectivity index (χ2n) is 16.2. The fourth-order valence-corrected chi connectivity index (χ4v) is 8.57. The summed E-state index contributed by atoms with van der Waals surface area (Å²) in [5.41, 5.74) is 0.977. The van der Waals surface area contributed by atoms with Crippen LogP contribution in [-0.2, 0) is 39.9 Å². The monoisotopic (exact) mass is 727 g/mol. The fraction of sp³-hybridized carbons (Fsp3) is 0.744. The Morgan fingerprint density at radius 3 is 2.02 bits per heavy atom. The van der Waals surface area contributed by atoms with E-state index in [1.54, 1.807) is 26.1 Å². The Morgan fingerprint density at radius 2 is 1.50 bits per heavy atom. The highest BCUT2D eigenvalue weighted by molar-refractivity contribution is 5.90. The van der Waals surface area contributed by atoms with Gasteiger partial charge in [0.1, 0.15) is 11.6 Å². The van der Waals surface area contributed by atoms with Gasteiger partial charge >= 0.3 is 5.97 Å². The maximum atomic E-state index is 14.2. The van der Waals surface area contributed by atoms with Crippen LogP contribution >= 0.6 is 0 Å². The lowest BCUT2D eigenvalue weighted by Crippen LogP contribution is -2.53. The van der Waals surface area contributed by atoms with Crippen LogP contribution in [0.3, 0.4) is 0 Å². The predicted molar refractivity (Wildman–Crippen MR) is 207 cm³/mol. The number of amides is 1. The van der Waals surface area contributed by atoms with Gasteiger partial charge in [-0.3, -0.25) is 24.0 Å². The second-order valence-corrected chi connectivity index (χ2v) is 16.2. The maximum absolute atomic E-state index is 14.2. The number of nitrogens with one attached hydrogen (secondary N) is 1. The van der Waals surface area contributed by atoms with Crippen LogP contribution < -0.4 is 5.32 Å². The highest BCUT2D eigenvalue weighted by atomic mass is 16.5. The van der Waals surface area contributed by atoms with Crippen molar-refractivity contribution in [3.63, 3.8) is 0 Å². The van der Waals surface area contributed by atoms with Crippen LogP contribution in [-0.4, -0.2) is 80.6 Å². The van der Waals surface area contributed by atoms with Crippen LogP contribution in [0.4, 0.5) is 0 Å². The van der Waals surface area contributed by atoms with Crippen molar-refractivity contribution in [1.29, 1.82) is 0 Å². The molecule has 0 spiro atoms. The Kier molecular flexibility index (Phi) is 18.9. The number of nitrogens with zero attached hydrogens (tertiary/aromatic N) is 1. The molecule has 10 atom stereocenters. The van der Waals surface area contributed by atoms with Crippen LogP contribution in [0.1, 0.15) is 106 Å². The molecule has 1 aliphatic rings. The third-order valence-electron chi connectivity index (χ3n) is 12.2. The predicted octanol–water partition coefficient (Wildman–Crippen LogP) is 6.99. The molecule has 1 aromatic rings. The molecule has 1 fully saturated rings. The standard InChI is InChI=1S/C43H70N2O7/c1-13-28(6)41(45(10)42(49)35(26(2)3)24-38(48)40(44-9)27(4)5)39(51-11)25-37(47)34-21-17-20-33(34)29(7)30(8)36(46)23-32(43(50)52-12)22-31-18-15-14-16-19-31/h14-16,18-19,26-30,32-35,39-41,44H,13,17,20-25H2,1-12H3/t28-,29+,30+,32+,33-,34?,35-,39+,40-,41-/m0/s1. The molecule has 9 nitrogen and oxygen atoms in total. The zero-order valence-electron chi connectivity index (χ0n) is 34.3. The van der Waals surface area contributed by atoms with Crippen molar-refractivity contribution < 1.29 is 33.4 Å². The molecule has 1 aliphatic carbocycles. The number of ether oxygens (including phenoxy) is 2. The summed E-state index contributed by atoms with van der Waals surface area (Å²) in [6, 6.07) is 8.98. The highest BCUT2D eigenvalue weighted by Crippen LogP contribution is 2.42. The van der Waals surface area contributed by atoms with Gasteiger partial charge in [-0.15, -0.1) is 0 Å². The molecule has 294 valence electrons. The first kappa shape index (κ1) is 45.2. The highest BCUT2D eigenvalue weighted by Gasteiger charge is 2.43. The first-order valence-electron chi connectivity index (χ1n) is 19.7. The molecule has 1 aromatic carbocycles. The smallest absolute Gasteiger partial charge is 0.309 e. The van der Waals surface area contributed by atoms with E-state index in [1.165, 1.54) is 7.11 Å². The Labute approximate surface area is 314 Å². The van der Waals surface area contributed by atoms with Crippen LogP contribution in [0.25, 0.3) is 0 Å². The zero-order chi connectivity index (χ0) is 39.3. The lowest BCUT2D eigenvalue weighted by atomic mass is 9.73. The van der Waals surface area contributed by atoms with E-state index in [0.717, 1.165) is 31.2 Å². The van der Waals surface area contributed by atoms with Crippen molar-refractivity contribution in [1.82, 2.24) is 10.2 Å². The van der Waals surface area contributed by atoms with Crippen LogP contribution in [0, 0.1) is 53.3 Å². The number of ketones is 3. The summed E-state index contributed by atoms with van der Waals surface area (Å²) < 4.78 is 11.1. The maximum Gasteiger partial charge on any atom is 0.309 e. The molecule has 1 unspecified atom stereocenters. The largest absolute Gasteiger partial charge is 0.469 e. The first-order valence-corrected chi connectivity index (χ1v) is 19.7. The van der Waals surface area contributed by atoms with E-state index in [2.05, 4.69) is 26.1 Å². The van der Waals surface area contributed by atoms with E-state index in [1.807, 2.05) is 65.0 Å². The number of carbonyl (C=O) groups is 5. The molecule has 0 heterocycles. The number of esters is 1. The summed E-state index contributed by atoms with van der Waals surface area (Å²) in [5.74, 6) is -1.84. The van der Waals surface area contributed by atoms with Crippen molar-refractivity contribution in [3.05, 3.63) is 35.9 Å². The SMILES string of the molecule is CC[C@H](C)[C@@H]([C@@H](CC(=O)C1CCC[C@H]1[C@H](C)[C@@H](C)C(=O)C[C@@H](Cc1ccccc1)C(=O)OC)OC)N(C)C(=O)[C@@H](CC(=O)[C@@H](NC)C(C)C)C(C)C. The van der Waals surface area contributed by atoms with Gasteiger partial charge in [0.2, 0.25) is 5.91 Å². The number of benzene rings is 1. The van der Waals surface area contributed by atoms with E-state index in [9.17, 15) is 24.0 Å². The number of methoxy groups -OCH3 is 2. The molecule has 0 radical (unpaired) electrons. The molecular weight excluding hydrogens is 656 g/mol. The molecule has 52 heavy (non-hydrogen) atoms. The molecule has 0 bridgehead atoms. The lowest BCUT2D eigenvalue weighted by Gasteiger charge is -2.40. The van der Waals surface area contributed by atoms with Crippen molar-refractivity contribution >= 4 is 29.2 Å². The van der Waals surface area contributed by atoms with E-state index in [4.69, 9.17) is 9.47 Å². The zero-order valence-corrected chi connectivity index (χ0v) is 34.3. The minimum absolute atomic E-state index is 0.0105. The van der Waals surface area contributed by atoms with E-state index in [-0.39, 0.29) is 102 Å². The summed E-state index contributed by atoms with van der Waals surface area (Å²) in [5, 5.41) is 3.12. The topological polar surface area (TPSA) is 119 Å². The molecule has 1 N–H and O–H groups in total. The van der Waals surface area contributed by atoms with E-state index < -0.39 is 17.9 Å². The minimum Gasteiger partial charge on any atom is -0.469 e. The Balaban J connectivity index is 2.23. The molecule has 0 aromatic heterocycles. The average molecular weight is 727 g/mol. The molecule has 1 amide bonds. The quantitative estimate of drug-likeness (QED) is 0.120. The van der Waals surface area contributed by atoms with Crippen molar-refractivity contribution in [2.75, 3.05) is 28.3 Å². The second kappa shape index (κ2) is 21.7. The summed E-state index contributed by atoms with van der Waals surface area (Å²) in [6.45, 7) is 16.1. The fourth-order valence-electron chi connectivity index (χ4n) is 8.57. The van der Waals surface area contributed by atoms with E-state index in [0.29, 0.717) is 6.42 Å².